The molecule has 0 spiro atoms. The molecule has 8 rings (SSSR count). The molecule has 0 aromatic rings. The van der Waals surface area contributed by atoms with E-state index in [1.165, 1.54) is 19.3 Å². The van der Waals surface area contributed by atoms with Gasteiger partial charge in [-0.15, -0.1) is 0 Å². The average Bonchev–Trinajstić information content (AvgIpc) is 3.45. The van der Waals surface area contributed by atoms with Gasteiger partial charge >= 0.3 is 0 Å². The van der Waals surface area contributed by atoms with Gasteiger partial charge in [0.25, 0.3) is 0 Å². The van der Waals surface area contributed by atoms with Gasteiger partial charge in [-0.25, -0.2) is 0 Å². The summed E-state index contributed by atoms with van der Waals surface area (Å²) in [4.78, 5) is 14.8. The second-order valence-electron chi connectivity index (χ2n) is 20.1. The quantitative estimate of drug-likeness (QED) is 0.187. The van der Waals surface area contributed by atoms with Crippen molar-refractivity contribution in [2.75, 3.05) is 6.54 Å². The summed E-state index contributed by atoms with van der Waals surface area (Å²) >= 11 is 0. The first kappa shape index (κ1) is 38.0. The highest BCUT2D eigenvalue weighted by Crippen LogP contribution is 2.74. The van der Waals surface area contributed by atoms with E-state index in [1.807, 2.05) is 0 Å². The second-order valence-corrected chi connectivity index (χ2v) is 20.1. The van der Waals surface area contributed by atoms with E-state index in [-0.39, 0.29) is 54.1 Å². The standard InChI is InChI=1S/C43H70N2O7/c1-5-6-24-7-11-27-23(2)38(52-33(27)13-8-24)39(49)41(4,50)34-19-26-10-12-28-36-29(16-17-40(34,3)43(26,36)51)42(18-15-25-9-14-35(44)45-22-25)21-32(47)31(46)20-30(42)37(28)48/h23-27,29-35,38-39,45-47,49-51H,5-22,44H2,1-4H3. The average molecular weight is 727 g/mol. The Kier molecular flexibility index (Phi) is 9.96. The van der Waals surface area contributed by atoms with E-state index < -0.39 is 46.4 Å². The van der Waals surface area contributed by atoms with Crippen LogP contribution < -0.4 is 11.1 Å². The monoisotopic (exact) mass is 727 g/mol. The molecular weight excluding hydrogens is 656 g/mol. The normalized spacial score (nSPS) is 52.0. The lowest BCUT2D eigenvalue weighted by atomic mass is 9.41. The van der Waals surface area contributed by atoms with E-state index in [4.69, 9.17) is 10.5 Å². The highest BCUT2D eigenvalue weighted by Gasteiger charge is 2.75. The number of Topliss-reactive ketones (excluding diaryl/α,β-unsaturated/α-hetero) is 1. The molecule has 0 aromatic heterocycles. The zero-order valence-corrected chi connectivity index (χ0v) is 32.4. The first-order valence-corrected chi connectivity index (χ1v) is 21.6. The molecule has 2 heterocycles. The van der Waals surface area contributed by atoms with Crippen LogP contribution in [0.1, 0.15) is 137 Å². The van der Waals surface area contributed by atoms with Gasteiger partial charge in [0.05, 0.1) is 41.8 Å². The number of piperidine rings is 1. The fraction of sp³-hybridized carbons (Fsp3) is 0.930. The third kappa shape index (κ3) is 5.54. The Hall–Kier alpha value is -0.910. The fourth-order valence-corrected chi connectivity index (χ4v) is 14.8. The van der Waals surface area contributed by atoms with Crippen molar-refractivity contribution >= 4 is 5.78 Å². The summed E-state index contributed by atoms with van der Waals surface area (Å²) in [5.41, 5.74) is 3.74. The van der Waals surface area contributed by atoms with Gasteiger partial charge in [0.15, 0.2) is 5.78 Å². The smallest absolute Gasteiger partial charge is 0.162 e. The van der Waals surface area contributed by atoms with Crippen LogP contribution in [0.5, 0.6) is 0 Å². The lowest BCUT2D eigenvalue weighted by molar-refractivity contribution is -0.203. The molecule has 0 radical (unpaired) electrons. The van der Waals surface area contributed by atoms with Crippen molar-refractivity contribution in [1.29, 1.82) is 0 Å². The van der Waals surface area contributed by atoms with Gasteiger partial charge in [0, 0.05) is 11.3 Å². The van der Waals surface area contributed by atoms with Crippen LogP contribution >= 0.6 is 0 Å². The number of nitrogens with one attached hydrogen (secondary N) is 1. The molecule has 9 nitrogen and oxygen atoms in total. The number of rotatable bonds is 8. The van der Waals surface area contributed by atoms with Crippen LogP contribution in [0.2, 0.25) is 0 Å². The minimum atomic E-state index is -1.50. The molecule has 18 atom stereocenters. The summed E-state index contributed by atoms with van der Waals surface area (Å²) in [6.45, 7) is 9.23. The molecule has 8 aliphatic rings. The van der Waals surface area contributed by atoms with Crippen molar-refractivity contribution in [3.05, 3.63) is 11.1 Å². The number of nitrogens with two attached hydrogens (primary N) is 1. The van der Waals surface area contributed by atoms with E-state index in [0.29, 0.717) is 43.9 Å². The number of carbonyl (C=O) groups excluding carboxylic acids is 1. The maximum atomic E-state index is 14.8. The molecule has 9 heteroatoms. The Balaban J connectivity index is 1.09. The van der Waals surface area contributed by atoms with Crippen LogP contribution in [0.4, 0.5) is 0 Å². The molecule has 8 N–H and O–H groups in total. The number of aliphatic hydroxyl groups excluding tert-OH is 3. The molecule has 0 aromatic carbocycles. The molecule has 6 aliphatic carbocycles. The number of aliphatic hydroxyl groups is 5. The van der Waals surface area contributed by atoms with Crippen LogP contribution in [0, 0.1) is 58.2 Å². The minimum Gasteiger partial charge on any atom is -0.390 e. The first-order valence-electron chi connectivity index (χ1n) is 21.6. The predicted octanol–water partition coefficient (Wildman–Crippen LogP) is 4.75. The van der Waals surface area contributed by atoms with Gasteiger partial charge in [0.2, 0.25) is 0 Å². The van der Waals surface area contributed by atoms with E-state index in [9.17, 15) is 30.3 Å². The highest BCUT2D eigenvalue weighted by molar-refractivity contribution is 6.00. The molecule has 6 fully saturated rings. The summed E-state index contributed by atoms with van der Waals surface area (Å²) < 4.78 is 6.74. The van der Waals surface area contributed by atoms with Crippen LogP contribution in [0.15, 0.2) is 11.1 Å². The van der Waals surface area contributed by atoms with Gasteiger partial charge in [-0.2, -0.15) is 0 Å². The van der Waals surface area contributed by atoms with Gasteiger partial charge in [-0.3, -0.25) is 4.79 Å². The van der Waals surface area contributed by atoms with Crippen LogP contribution in [-0.2, 0) is 9.53 Å². The van der Waals surface area contributed by atoms with E-state index >= 15 is 0 Å². The molecule has 18 unspecified atom stereocenters. The van der Waals surface area contributed by atoms with Gasteiger partial charge < -0.3 is 41.3 Å². The van der Waals surface area contributed by atoms with Crippen molar-refractivity contribution in [2.45, 2.75) is 185 Å². The Labute approximate surface area is 311 Å². The number of ether oxygens (including phenoxy) is 1. The summed E-state index contributed by atoms with van der Waals surface area (Å²) in [5, 5.41) is 64.1. The summed E-state index contributed by atoms with van der Waals surface area (Å²) in [7, 11) is 0. The fourth-order valence-electron chi connectivity index (χ4n) is 14.8. The SMILES string of the molecule is CCCC1CCC2OC(C(O)C(C)(O)C3CC4CCC5=C6C(CCC3(C)C64O)C3(CCC4CCC(N)NC4)CC(O)C(O)CC3C5=O)C(C)C2CC1. The molecule has 2 saturated heterocycles. The number of ketones is 1. The van der Waals surface area contributed by atoms with E-state index in [0.717, 1.165) is 75.0 Å². The van der Waals surface area contributed by atoms with Gasteiger partial charge in [-0.1, -0.05) is 40.0 Å². The Morgan fingerprint density at radius 1 is 1.00 bits per heavy atom. The maximum Gasteiger partial charge on any atom is 0.162 e. The lowest BCUT2D eigenvalue weighted by Crippen LogP contribution is -2.66. The molecule has 294 valence electrons. The minimum absolute atomic E-state index is 0.0173. The molecule has 0 bridgehead atoms. The largest absolute Gasteiger partial charge is 0.390 e. The molecule has 2 aliphatic heterocycles. The molecular formula is C43H70N2O7. The van der Waals surface area contributed by atoms with Crippen LogP contribution in [0.3, 0.4) is 0 Å². The first-order chi connectivity index (χ1) is 24.7. The van der Waals surface area contributed by atoms with Crippen molar-refractivity contribution in [1.82, 2.24) is 5.32 Å². The van der Waals surface area contributed by atoms with Gasteiger partial charge in [0.1, 0.15) is 6.10 Å². The molecule has 0 amide bonds. The molecule has 52 heavy (non-hydrogen) atoms. The maximum absolute atomic E-state index is 14.8. The number of allylic oxidation sites excluding steroid dienone is 1. The Morgan fingerprint density at radius 3 is 2.48 bits per heavy atom. The van der Waals surface area contributed by atoms with E-state index in [2.05, 4.69) is 26.1 Å². The third-order valence-corrected chi connectivity index (χ3v) is 17.7. The third-order valence-electron chi connectivity index (χ3n) is 17.7. The van der Waals surface area contributed by atoms with Crippen molar-refractivity contribution < 1.29 is 35.1 Å². The molecule has 4 saturated carbocycles. The number of hydrogen-bond acceptors (Lipinski definition) is 9. The summed E-state index contributed by atoms with van der Waals surface area (Å²) in [6.07, 6.45) is 11.3. The number of fused-ring (bicyclic) bond motifs is 3. The summed E-state index contributed by atoms with van der Waals surface area (Å²) in [6, 6.07) is 0. The van der Waals surface area contributed by atoms with Crippen molar-refractivity contribution in [2.24, 2.45) is 63.9 Å². The van der Waals surface area contributed by atoms with Crippen molar-refractivity contribution in [3.8, 4) is 0 Å². The Bertz CT molecular complexity index is 1390. The lowest BCUT2D eigenvalue weighted by Gasteiger charge is -2.64. The number of hydrogen-bond donors (Lipinski definition) is 7. The number of carbonyl (C=O) groups is 1. The topological polar surface area (TPSA) is 165 Å². The summed E-state index contributed by atoms with van der Waals surface area (Å²) in [5.74, 6) is 0.819. The zero-order valence-electron chi connectivity index (χ0n) is 32.4. The predicted molar refractivity (Wildman–Crippen MR) is 199 cm³/mol. The second kappa shape index (κ2) is 13.6. The van der Waals surface area contributed by atoms with E-state index in [1.54, 1.807) is 6.92 Å². The highest BCUT2D eigenvalue weighted by atomic mass is 16.5. The Morgan fingerprint density at radius 2 is 1.75 bits per heavy atom. The zero-order chi connectivity index (χ0) is 37.0. The van der Waals surface area contributed by atoms with Crippen LogP contribution in [-0.4, -0.2) is 85.7 Å². The van der Waals surface area contributed by atoms with Crippen molar-refractivity contribution in [3.63, 3.8) is 0 Å². The van der Waals surface area contributed by atoms with Crippen LogP contribution in [0.25, 0.3) is 0 Å². The van der Waals surface area contributed by atoms with Gasteiger partial charge in [-0.05, 0) is 161 Å².